The maximum Gasteiger partial charge on any atom is 0.259 e. The Hall–Kier alpha value is -3.40. The Morgan fingerprint density at radius 3 is 2.42 bits per heavy atom. The molecule has 4 nitrogen and oxygen atoms in total. The third-order valence-corrected chi connectivity index (χ3v) is 3.97. The fraction of sp³-hybridized carbons (Fsp3) is 0. The molecule has 0 unspecified atom stereocenters. The van der Waals surface area contributed by atoms with Gasteiger partial charge in [-0.05, 0) is 35.4 Å². The number of phenols is 1. The van der Waals surface area contributed by atoms with Crippen molar-refractivity contribution in [3.63, 3.8) is 0 Å². The minimum atomic E-state index is -0.222. The topological polar surface area (TPSA) is 66.0 Å². The molecule has 4 heteroatoms. The Labute approximate surface area is 138 Å². The van der Waals surface area contributed by atoms with Crippen LogP contribution >= 0.6 is 0 Å². The van der Waals surface area contributed by atoms with Crippen molar-refractivity contribution >= 4 is 10.9 Å². The Balaban J connectivity index is 1.92. The molecule has 2 N–H and O–H groups in total. The molecule has 0 aliphatic heterocycles. The zero-order valence-electron chi connectivity index (χ0n) is 12.7. The van der Waals surface area contributed by atoms with Crippen molar-refractivity contribution in [1.29, 1.82) is 0 Å². The largest absolute Gasteiger partial charge is 0.507 e. The summed E-state index contributed by atoms with van der Waals surface area (Å²) in [6.45, 7) is 0. The number of H-pyrrole nitrogens is 1. The highest BCUT2D eigenvalue weighted by Crippen LogP contribution is 2.31. The Kier molecular flexibility index (Phi) is 3.35. The molecule has 3 aromatic carbocycles. The van der Waals surface area contributed by atoms with Crippen LogP contribution in [0.25, 0.3) is 33.4 Å². The summed E-state index contributed by atoms with van der Waals surface area (Å²) in [6, 6.07) is 22.3. The normalized spacial score (nSPS) is 10.8. The number of phenolic OH excluding ortho intramolecular Hbond substituents is 1. The van der Waals surface area contributed by atoms with E-state index in [2.05, 4.69) is 9.97 Å². The molecule has 1 aromatic heterocycles. The van der Waals surface area contributed by atoms with Crippen LogP contribution in [0, 0.1) is 0 Å². The Bertz CT molecular complexity index is 1090. The highest BCUT2D eigenvalue weighted by Gasteiger charge is 2.11. The second kappa shape index (κ2) is 5.66. The van der Waals surface area contributed by atoms with Crippen LogP contribution < -0.4 is 5.56 Å². The van der Waals surface area contributed by atoms with Gasteiger partial charge in [-0.2, -0.15) is 0 Å². The van der Waals surface area contributed by atoms with Crippen LogP contribution in [-0.4, -0.2) is 15.1 Å². The van der Waals surface area contributed by atoms with Crippen LogP contribution in [0.2, 0.25) is 0 Å². The van der Waals surface area contributed by atoms with E-state index in [1.54, 1.807) is 24.3 Å². The summed E-state index contributed by atoms with van der Waals surface area (Å²) < 4.78 is 0. The van der Waals surface area contributed by atoms with Crippen molar-refractivity contribution in [1.82, 2.24) is 9.97 Å². The lowest BCUT2D eigenvalue weighted by Crippen LogP contribution is -2.09. The first-order valence-corrected chi connectivity index (χ1v) is 7.60. The third kappa shape index (κ3) is 2.44. The summed E-state index contributed by atoms with van der Waals surface area (Å²) in [5, 5.41) is 10.8. The summed E-state index contributed by atoms with van der Waals surface area (Å²) in [4.78, 5) is 19.5. The lowest BCUT2D eigenvalue weighted by atomic mass is 10.0. The minimum absolute atomic E-state index is 0.0770. The third-order valence-electron chi connectivity index (χ3n) is 3.97. The van der Waals surface area contributed by atoms with Gasteiger partial charge in [0.2, 0.25) is 0 Å². The molecule has 4 aromatic rings. The van der Waals surface area contributed by atoms with Crippen LogP contribution in [0.5, 0.6) is 5.75 Å². The highest BCUT2D eigenvalue weighted by atomic mass is 16.3. The van der Waals surface area contributed by atoms with Crippen LogP contribution in [0.15, 0.2) is 77.6 Å². The molecule has 0 atom stereocenters. The first-order valence-electron chi connectivity index (χ1n) is 7.60. The van der Waals surface area contributed by atoms with Crippen molar-refractivity contribution in [2.24, 2.45) is 0 Å². The zero-order chi connectivity index (χ0) is 16.5. The maximum atomic E-state index is 12.3. The molecule has 116 valence electrons. The number of fused-ring (bicyclic) bond motifs is 1. The second-order valence-electron chi connectivity index (χ2n) is 5.53. The number of aromatic amines is 1. The van der Waals surface area contributed by atoms with E-state index >= 15 is 0 Å². The van der Waals surface area contributed by atoms with E-state index in [1.165, 1.54) is 0 Å². The number of nitrogens with one attached hydrogen (secondary N) is 1. The number of hydrogen-bond acceptors (Lipinski definition) is 3. The number of hydrogen-bond donors (Lipinski definition) is 2. The van der Waals surface area contributed by atoms with Crippen molar-refractivity contribution in [2.45, 2.75) is 0 Å². The van der Waals surface area contributed by atoms with Crippen LogP contribution in [0.4, 0.5) is 0 Å². The van der Waals surface area contributed by atoms with Crippen LogP contribution in [0.3, 0.4) is 0 Å². The van der Waals surface area contributed by atoms with Gasteiger partial charge in [-0.1, -0.05) is 48.5 Å². The van der Waals surface area contributed by atoms with Crippen LogP contribution in [-0.2, 0) is 0 Å². The summed E-state index contributed by atoms with van der Waals surface area (Å²) in [5.74, 6) is 0.432. The summed E-state index contributed by atoms with van der Waals surface area (Å²) in [6.07, 6.45) is 0. The van der Waals surface area contributed by atoms with E-state index in [0.29, 0.717) is 22.3 Å². The SMILES string of the molecule is O=c1[nH]c(-c2cc(-c3ccccc3)ccc2O)nc2ccccc12. The number of benzene rings is 3. The first kappa shape index (κ1) is 14.2. The number of para-hydroxylation sites is 1. The maximum absolute atomic E-state index is 12.3. The standard InChI is InChI=1S/C20H14N2O2/c23-18-11-10-14(13-6-2-1-3-7-13)12-16(18)19-21-17-9-5-4-8-15(17)20(24)22-19/h1-12,23H,(H,21,22,24). The minimum Gasteiger partial charge on any atom is -0.507 e. The molecule has 0 spiro atoms. The van der Waals surface area contributed by atoms with Crippen molar-refractivity contribution in [3.8, 4) is 28.3 Å². The smallest absolute Gasteiger partial charge is 0.259 e. The fourth-order valence-electron chi connectivity index (χ4n) is 2.75. The molecule has 0 aliphatic rings. The van der Waals surface area contributed by atoms with E-state index in [9.17, 15) is 9.90 Å². The second-order valence-corrected chi connectivity index (χ2v) is 5.53. The molecule has 24 heavy (non-hydrogen) atoms. The lowest BCUT2D eigenvalue weighted by molar-refractivity contribution is 0.477. The fourth-order valence-corrected chi connectivity index (χ4v) is 2.75. The van der Waals surface area contributed by atoms with Gasteiger partial charge >= 0.3 is 0 Å². The number of aromatic nitrogens is 2. The highest BCUT2D eigenvalue weighted by molar-refractivity contribution is 5.81. The molecular formula is C20H14N2O2. The Morgan fingerprint density at radius 2 is 1.58 bits per heavy atom. The molecule has 0 bridgehead atoms. The van der Waals surface area contributed by atoms with Gasteiger partial charge in [0, 0.05) is 0 Å². The van der Waals surface area contributed by atoms with Gasteiger partial charge < -0.3 is 10.1 Å². The predicted molar refractivity (Wildman–Crippen MR) is 94.9 cm³/mol. The van der Waals surface area contributed by atoms with Crippen molar-refractivity contribution < 1.29 is 5.11 Å². The average molecular weight is 314 g/mol. The van der Waals surface area contributed by atoms with E-state index < -0.39 is 0 Å². The molecule has 0 saturated heterocycles. The average Bonchev–Trinajstić information content (AvgIpc) is 2.63. The summed E-state index contributed by atoms with van der Waals surface area (Å²) >= 11 is 0. The lowest BCUT2D eigenvalue weighted by Gasteiger charge is -2.08. The molecule has 0 amide bonds. The number of aromatic hydroxyl groups is 1. The van der Waals surface area contributed by atoms with Gasteiger partial charge in [0.25, 0.3) is 5.56 Å². The number of rotatable bonds is 2. The molecule has 0 radical (unpaired) electrons. The molecule has 1 heterocycles. The van der Waals surface area contributed by atoms with Crippen molar-refractivity contribution in [3.05, 3.63) is 83.2 Å². The molecule has 0 fully saturated rings. The van der Waals surface area contributed by atoms with Gasteiger partial charge in [-0.15, -0.1) is 0 Å². The quantitative estimate of drug-likeness (QED) is 0.588. The monoisotopic (exact) mass is 314 g/mol. The molecule has 0 aliphatic carbocycles. The molecule has 4 rings (SSSR count). The Morgan fingerprint density at radius 1 is 0.833 bits per heavy atom. The summed E-state index contributed by atoms with van der Waals surface area (Å²) in [5.41, 5.74) is 2.85. The van der Waals surface area contributed by atoms with E-state index in [1.807, 2.05) is 48.5 Å². The van der Waals surface area contributed by atoms with Crippen molar-refractivity contribution in [2.75, 3.05) is 0 Å². The first-order chi connectivity index (χ1) is 11.7. The predicted octanol–water partition coefficient (Wildman–Crippen LogP) is 3.96. The van der Waals surface area contributed by atoms with Crippen LogP contribution in [0.1, 0.15) is 0 Å². The van der Waals surface area contributed by atoms with E-state index in [-0.39, 0.29) is 11.3 Å². The number of nitrogens with zero attached hydrogens (tertiary/aromatic N) is 1. The van der Waals surface area contributed by atoms with Gasteiger partial charge in [-0.25, -0.2) is 4.98 Å². The van der Waals surface area contributed by atoms with Gasteiger partial charge in [0.05, 0.1) is 16.5 Å². The zero-order valence-corrected chi connectivity index (χ0v) is 12.7. The molecule has 0 saturated carbocycles. The molecular weight excluding hydrogens is 300 g/mol. The van der Waals surface area contributed by atoms with Gasteiger partial charge in [0.15, 0.2) is 0 Å². The summed E-state index contributed by atoms with van der Waals surface area (Å²) in [7, 11) is 0. The van der Waals surface area contributed by atoms with Gasteiger partial charge in [-0.3, -0.25) is 4.79 Å². The van der Waals surface area contributed by atoms with E-state index in [0.717, 1.165) is 11.1 Å². The van der Waals surface area contributed by atoms with Gasteiger partial charge in [0.1, 0.15) is 11.6 Å². The van der Waals surface area contributed by atoms with E-state index in [4.69, 9.17) is 0 Å².